The Labute approximate surface area is 150 Å². The lowest BCUT2D eigenvalue weighted by Crippen LogP contribution is -1.91. The summed E-state index contributed by atoms with van der Waals surface area (Å²) in [5.41, 5.74) is 2.14. The number of rotatable bonds is 4. The van der Waals surface area contributed by atoms with Gasteiger partial charge >= 0.3 is 0 Å². The molecule has 0 radical (unpaired) electrons. The molecule has 4 aromatic rings. The van der Waals surface area contributed by atoms with Gasteiger partial charge in [0.15, 0.2) is 23.1 Å². The van der Waals surface area contributed by atoms with E-state index in [0.717, 1.165) is 17.7 Å². The molecule has 0 atom stereocenters. The quantitative estimate of drug-likeness (QED) is 0.584. The predicted molar refractivity (Wildman–Crippen MR) is 93.5 cm³/mol. The molecule has 9 heteroatoms. The third kappa shape index (κ3) is 2.66. The smallest absolute Gasteiger partial charge is 0.161 e. The van der Waals surface area contributed by atoms with Crippen molar-refractivity contribution in [1.29, 1.82) is 0 Å². The molecule has 0 fully saturated rings. The molecule has 0 saturated heterocycles. The van der Waals surface area contributed by atoms with E-state index in [1.807, 2.05) is 6.07 Å². The third-order valence-corrected chi connectivity index (χ3v) is 4.86. The van der Waals surface area contributed by atoms with E-state index in [2.05, 4.69) is 20.4 Å². The van der Waals surface area contributed by atoms with Crippen molar-refractivity contribution in [2.75, 3.05) is 14.2 Å². The van der Waals surface area contributed by atoms with Crippen LogP contribution >= 0.6 is 11.3 Å². The van der Waals surface area contributed by atoms with Gasteiger partial charge in [-0.1, -0.05) is 0 Å². The number of halogens is 2. The van der Waals surface area contributed by atoms with Crippen LogP contribution in [0.2, 0.25) is 0 Å². The SMILES string of the molecule is COc1ccc(-c2n[nH]nc2-c2nc3cc(F)c(F)cc3s2)cc1OC. The van der Waals surface area contributed by atoms with Crippen LogP contribution in [0.4, 0.5) is 8.78 Å². The summed E-state index contributed by atoms with van der Waals surface area (Å²) < 4.78 is 38.0. The fourth-order valence-corrected chi connectivity index (χ4v) is 3.55. The van der Waals surface area contributed by atoms with E-state index < -0.39 is 11.6 Å². The van der Waals surface area contributed by atoms with Crippen molar-refractivity contribution >= 4 is 21.6 Å². The number of thiazole rings is 1. The second-order valence-electron chi connectivity index (χ2n) is 5.34. The monoisotopic (exact) mass is 374 g/mol. The first-order valence-corrected chi connectivity index (χ1v) is 8.31. The summed E-state index contributed by atoms with van der Waals surface area (Å²) in [6, 6.07) is 7.54. The number of nitrogens with one attached hydrogen (secondary N) is 1. The lowest BCUT2D eigenvalue weighted by atomic mass is 10.1. The van der Waals surface area contributed by atoms with Crippen LogP contribution in [0.25, 0.3) is 32.2 Å². The van der Waals surface area contributed by atoms with E-state index in [4.69, 9.17) is 9.47 Å². The number of hydrogen-bond acceptors (Lipinski definition) is 6. The maximum atomic E-state index is 13.4. The molecule has 0 aliphatic rings. The molecule has 0 aliphatic carbocycles. The molecule has 0 unspecified atom stereocenters. The predicted octanol–water partition coefficient (Wildman–Crippen LogP) is 4.04. The molecule has 0 amide bonds. The molecule has 6 nitrogen and oxygen atoms in total. The molecule has 132 valence electrons. The standard InChI is InChI=1S/C17H12F2N4O2S/c1-24-12-4-3-8(5-13(12)25-2)15-16(22-23-21-15)17-20-11-6-9(18)10(19)7-14(11)26-17/h3-7H,1-2H3,(H,21,22,23). The lowest BCUT2D eigenvalue weighted by molar-refractivity contribution is 0.355. The van der Waals surface area contributed by atoms with Crippen LogP contribution in [-0.2, 0) is 0 Å². The minimum atomic E-state index is -0.936. The summed E-state index contributed by atoms with van der Waals surface area (Å²) in [7, 11) is 3.10. The van der Waals surface area contributed by atoms with Crippen molar-refractivity contribution < 1.29 is 18.3 Å². The van der Waals surface area contributed by atoms with Gasteiger partial charge in [-0.3, -0.25) is 0 Å². The largest absolute Gasteiger partial charge is 0.493 e. The summed E-state index contributed by atoms with van der Waals surface area (Å²) in [5.74, 6) is -0.706. The number of nitrogens with zero attached hydrogens (tertiary/aromatic N) is 3. The van der Waals surface area contributed by atoms with E-state index in [9.17, 15) is 8.78 Å². The van der Waals surface area contributed by atoms with Crippen LogP contribution in [0.3, 0.4) is 0 Å². The van der Waals surface area contributed by atoms with Crippen molar-refractivity contribution in [1.82, 2.24) is 20.4 Å². The Morgan fingerprint density at radius 3 is 2.42 bits per heavy atom. The van der Waals surface area contributed by atoms with Gasteiger partial charge in [0.1, 0.15) is 16.4 Å². The zero-order valence-corrected chi connectivity index (χ0v) is 14.5. The Balaban J connectivity index is 1.83. The number of aromatic amines is 1. The Kier molecular flexibility index (Phi) is 4.00. The van der Waals surface area contributed by atoms with E-state index >= 15 is 0 Å². The van der Waals surface area contributed by atoms with Crippen LogP contribution in [0.1, 0.15) is 0 Å². The van der Waals surface area contributed by atoms with Crippen molar-refractivity contribution in [3.63, 3.8) is 0 Å². The average Bonchev–Trinajstić information content (AvgIpc) is 3.28. The molecule has 1 N–H and O–H groups in total. The van der Waals surface area contributed by atoms with Gasteiger partial charge in [0.05, 0.1) is 24.4 Å². The van der Waals surface area contributed by atoms with Gasteiger partial charge in [-0.25, -0.2) is 13.8 Å². The summed E-state index contributed by atoms with van der Waals surface area (Å²) in [4.78, 5) is 4.35. The minimum absolute atomic E-state index is 0.366. The highest BCUT2D eigenvalue weighted by Gasteiger charge is 2.19. The summed E-state index contributed by atoms with van der Waals surface area (Å²) >= 11 is 1.21. The van der Waals surface area contributed by atoms with Crippen LogP contribution in [0, 0.1) is 11.6 Å². The molecule has 0 saturated carbocycles. The molecule has 0 spiro atoms. The average molecular weight is 374 g/mol. The van der Waals surface area contributed by atoms with Gasteiger partial charge in [0.2, 0.25) is 0 Å². The highest BCUT2D eigenvalue weighted by Crippen LogP contribution is 2.37. The minimum Gasteiger partial charge on any atom is -0.493 e. The Hall–Kier alpha value is -3.07. The first-order chi connectivity index (χ1) is 12.6. The van der Waals surface area contributed by atoms with Gasteiger partial charge < -0.3 is 9.47 Å². The zero-order chi connectivity index (χ0) is 18.3. The Morgan fingerprint density at radius 2 is 1.65 bits per heavy atom. The number of fused-ring (bicyclic) bond motifs is 1. The maximum Gasteiger partial charge on any atom is 0.161 e. The van der Waals surface area contributed by atoms with Crippen LogP contribution in [-0.4, -0.2) is 34.6 Å². The second-order valence-corrected chi connectivity index (χ2v) is 6.37. The van der Waals surface area contributed by atoms with Crippen LogP contribution in [0.15, 0.2) is 30.3 Å². The number of ether oxygens (including phenoxy) is 2. The lowest BCUT2D eigenvalue weighted by Gasteiger charge is -2.08. The molecular weight excluding hydrogens is 362 g/mol. The number of H-pyrrole nitrogens is 1. The maximum absolute atomic E-state index is 13.4. The topological polar surface area (TPSA) is 72.9 Å². The summed E-state index contributed by atoms with van der Waals surface area (Å²) in [6.07, 6.45) is 0. The van der Waals surface area contributed by atoms with Crippen molar-refractivity contribution in [3.8, 4) is 33.5 Å². The van der Waals surface area contributed by atoms with E-state index in [0.29, 0.717) is 38.1 Å². The van der Waals surface area contributed by atoms with Gasteiger partial charge in [-0.15, -0.1) is 11.3 Å². The first-order valence-electron chi connectivity index (χ1n) is 7.50. The number of benzene rings is 2. The molecule has 2 heterocycles. The van der Waals surface area contributed by atoms with E-state index in [1.54, 1.807) is 26.4 Å². The fraction of sp³-hybridized carbons (Fsp3) is 0.118. The molecule has 2 aromatic carbocycles. The second kappa shape index (κ2) is 6.34. The Bertz CT molecular complexity index is 1070. The van der Waals surface area contributed by atoms with Gasteiger partial charge in [0.25, 0.3) is 0 Å². The molecular formula is C17H12F2N4O2S. The Morgan fingerprint density at radius 1 is 0.923 bits per heavy atom. The van der Waals surface area contributed by atoms with Gasteiger partial charge in [-0.05, 0) is 24.3 Å². The number of hydrogen-bond donors (Lipinski definition) is 1. The molecule has 0 aliphatic heterocycles. The zero-order valence-electron chi connectivity index (χ0n) is 13.7. The molecule has 4 rings (SSSR count). The molecule has 2 aromatic heterocycles. The summed E-state index contributed by atoms with van der Waals surface area (Å²) in [6.45, 7) is 0. The number of methoxy groups -OCH3 is 2. The summed E-state index contributed by atoms with van der Waals surface area (Å²) in [5, 5.41) is 11.4. The van der Waals surface area contributed by atoms with E-state index in [-0.39, 0.29) is 0 Å². The van der Waals surface area contributed by atoms with Crippen molar-refractivity contribution in [3.05, 3.63) is 42.0 Å². The highest BCUT2D eigenvalue weighted by atomic mass is 32.1. The first kappa shape index (κ1) is 16.4. The van der Waals surface area contributed by atoms with Gasteiger partial charge in [-0.2, -0.15) is 15.4 Å². The van der Waals surface area contributed by atoms with Crippen LogP contribution in [0.5, 0.6) is 11.5 Å². The third-order valence-electron chi connectivity index (χ3n) is 3.84. The highest BCUT2D eigenvalue weighted by molar-refractivity contribution is 7.21. The van der Waals surface area contributed by atoms with E-state index in [1.165, 1.54) is 11.3 Å². The van der Waals surface area contributed by atoms with Crippen molar-refractivity contribution in [2.24, 2.45) is 0 Å². The van der Waals surface area contributed by atoms with Crippen molar-refractivity contribution in [2.45, 2.75) is 0 Å². The molecule has 0 bridgehead atoms. The normalized spacial score (nSPS) is 11.1. The number of aromatic nitrogens is 4. The molecule has 26 heavy (non-hydrogen) atoms. The fourth-order valence-electron chi connectivity index (χ4n) is 2.59. The van der Waals surface area contributed by atoms with Gasteiger partial charge in [0, 0.05) is 11.6 Å². The van der Waals surface area contributed by atoms with Crippen LogP contribution < -0.4 is 9.47 Å².